The highest BCUT2D eigenvalue weighted by Crippen LogP contribution is 2.23. The number of benzene rings is 1. The van der Waals surface area contributed by atoms with E-state index in [-0.39, 0.29) is 5.97 Å². The number of pyridine rings is 1. The summed E-state index contributed by atoms with van der Waals surface area (Å²) in [7, 11) is 1.37. The number of aromatic nitrogens is 1. The van der Waals surface area contributed by atoms with Crippen LogP contribution >= 0.6 is 0 Å². The van der Waals surface area contributed by atoms with Crippen molar-refractivity contribution in [2.45, 2.75) is 12.8 Å². The van der Waals surface area contributed by atoms with Gasteiger partial charge in [-0.05, 0) is 49.1 Å². The summed E-state index contributed by atoms with van der Waals surface area (Å²) in [6.07, 6.45) is 3.63. The minimum Gasteiger partial charge on any atom is -0.493 e. The van der Waals surface area contributed by atoms with Crippen molar-refractivity contribution in [2.75, 3.05) is 31.7 Å². The summed E-state index contributed by atoms with van der Waals surface area (Å²) in [5, 5.41) is 8.85. The Morgan fingerprint density at radius 1 is 1.31 bits per heavy atom. The van der Waals surface area contributed by atoms with Crippen molar-refractivity contribution in [3.8, 4) is 11.8 Å². The fourth-order valence-electron chi connectivity index (χ4n) is 3.01. The van der Waals surface area contributed by atoms with Crippen LogP contribution in [-0.2, 0) is 4.74 Å². The molecule has 1 fully saturated rings. The highest BCUT2D eigenvalue weighted by molar-refractivity contribution is 5.89. The van der Waals surface area contributed by atoms with Crippen molar-refractivity contribution in [2.24, 2.45) is 5.92 Å². The van der Waals surface area contributed by atoms with Crippen molar-refractivity contribution in [1.82, 2.24) is 4.98 Å². The zero-order valence-corrected chi connectivity index (χ0v) is 14.7. The number of nitrogens with zero attached hydrogens (tertiary/aromatic N) is 3. The normalized spacial score (nSPS) is 14.5. The average molecular weight is 351 g/mol. The Morgan fingerprint density at radius 2 is 2.12 bits per heavy atom. The van der Waals surface area contributed by atoms with Gasteiger partial charge < -0.3 is 14.4 Å². The van der Waals surface area contributed by atoms with Gasteiger partial charge in [0.05, 0.1) is 24.8 Å². The fourth-order valence-corrected chi connectivity index (χ4v) is 3.01. The third-order valence-corrected chi connectivity index (χ3v) is 4.56. The molecular formula is C20H21N3O3. The van der Waals surface area contributed by atoms with E-state index < -0.39 is 0 Å². The van der Waals surface area contributed by atoms with Crippen LogP contribution in [0.1, 0.15) is 28.8 Å². The molecule has 6 heteroatoms. The van der Waals surface area contributed by atoms with Crippen molar-refractivity contribution in [3.05, 3.63) is 53.7 Å². The monoisotopic (exact) mass is 351 g/mol. The predicted octanol–water partition coefficient (Wildman–Crippen LogP) is 3.04. The lowest BCUT2D eigenvalue weighted by atomic mass is 9.98. The molecule has 2 heterocycles. The molecule has 0 unspecified atom stereocenters. The molecule has 0 amide bonds. The number of hydrogen-bond acceptors (Lipinski definition) is 6. The SMILES string of the molecule is COC(=O)c1cccc(OCC2CCN(c3ccc(C#N)cn3)CC2)c1. The second-order valence-electron chi connectivity index (χ2n) is 6.28. The average Bonchev–Trinajstić information content (AvgIpc) is 2.72. The number of carbonyl (C=O) groups excluding carboxylic acids is 1. The van der Waals surface area contributed by atoms with Crippen molar-refractivity contribution >= 4 is 11.8 Å². The number of carbonyl (C=O) groups is 1. The Hall–Kier alpha value is -3.07. The Kier molecular flexibility index (Phi) is 5.69. The van der Waals surface area contributed by atoms with Gasteiger partial charge in [0.1, 0.15) is 17.6 Å². The maximum absolute atomic E-state index is 11.6. The first-order valence-corrected chi connectivity index (χ1v) is 8.62. The van der Waals surface area contributed by atoms with Gasteiger partial charge in [-0.2, -0.15) is 5.26 Å². The van der Waals surface area contributed by atoms with E-state index >= 15 is 0 Å². The van der Waals surface area contributed by atoms with Crippen molar-refractivity contribution in [3.63, 3.8) is 0 Å². The van der Waals surface area contributed by atoms with Crippen LogP contribution in [0.4, 0.5) is 5.82 Å². The Balaban J connectivity index is 1.50. The van der Waals surface area contributed by atoms with E-state index in [9.17, 15) is 4.79 Å². The molecular weight excluding hydrogens is 330 g/mol. The molecule has 0 radical (unpaired) electrons. The summed E-state index contributed by atoms with van der Waals surface area (Å²) in [5.41, 5.74) is 1.07. The number of hydrogen-bond donors (Lipinski definition) is 0. The van der Waals surface area contributed by atoms with Crippen LogP contribution in [0.3, 0.4) is 0 Å². The standard InChI is InChI=1S/C20H21N3O3/c1-25-20(24)17-3-2-4-18(11-17)26-14-15-7-9-23(10-8-15)19-6-5-16(12-21)13-22-19/h2-6,11,13,15H,7-10,14H2,1H3. The van der Waals surface area contributed by atoms with Gasteiger partial charge in [-0.15, -0.1) is 0 Å². The largest absolute Gasteiger partial charge is 0.493 e. The Bertz CT molecular complexity index is 791. The van der Waals surface area contributed by atoms with Gasteiger partial charge in [-0.3, -0.25) is 0 Å². The molecule has 2 aromatic rings. The predicted molar refractivity (Wildman–Crippen MR) is 97.2 cm³/mol. The summed E-state index contributed by atoms with van der Waals surface area (Å²) < 4.78 is 10.6. The second kappa shape index (κ2) is 8.34. The van der Waals surface area contributed by atoms with E-state index in [0.717, 1.165) is 31.7 Å². The van der Waals surface area contributed by atoms with Crippen LogP contribution in [0.15, 0.2) is 42.6 Å². The number of nitriles is 1. The van der Waals surface area contributed by atoms with Crippen LogP contribution in [0.2, 0.25) is 0 Å². The second-order valence-corrected chi connectivity index (χ2v) is 6.28. The van der Waals surface area contributed by atoms with E-state index in [0.29, 0.717) is 29.4 Å². The van der Waals surface area contributed by atoms with Gasteiger partial charge in [0.2, 0.25) is 0 Å². The molecule has 0 bridgehead atoms. The molecule has 0 aliphatic carbocycles. The number of esters is 1. The Morgan fingerprint density at radius 3 is 2.77 bits per heavy atom. The van der Waals surface area contributed by atoms with Crippen LogP contribution in [-0.4, -0.2) is 37.8 Å². The number of piperidine rings is 1. The first-order chi connectivity index (χ1) is 12.7. The lowest BCUT2D eigenvalue weighted by molar-refractivity contribution is 0.0600. The summed E-state index contributed by atoms with van der Waals surface area (Å²) >= 11 is 0. The summed E-state index contributed by atoms with van der Waals surface area (Å²) in [4.78, 5) is 18.2. The molecule has 1 saturated heterocycles. The zero-order valence-electron chi connectivity index (χ0n) is 14.7. The number of rotatable bonds is 5. The van der Waals surface area contributed by atoms with E-state index in [1.165, 1.54) is 7.11 Å². The number of ether oxygens (including phenoxy) is 2. The lowest BCUT2D eigenvalue weighted by Crippen LogP contribution is -2.36. The Labute approximate surface area is 153 Å². The van der Waals surface area contributed by atoms with E-state index in [1.807, 2.05) is 12.1 Å². The molecule has 0 saturated carbocycles. The highest BCUT2D eigenvalue weighted by Gasteiger charge is 2.21. The van der Waals surface area contributed by atoms with Crippen LogP contribution < -0.4 is 9.64 Å². The first-order valence-electron chi connectivity index (χ1n) is 8.62. The molecule has 1 aliphatic rings. The summed E-state index contributed by atoms with van der Waals surface area (Å²) in [5.74, 6) is 1.70. The molecule has 0 spiro atoms. The van der Waals surface area contributed by atoms with Crippen molar-refractivity contribution < 1.29 is 14.3 Å². The summed E-state index contributed by atoms with van der Waals surface area (Å²) in [6, 6.07) is 12.8. The zero-order chi connectivity index (χ0) is 18.4. The number of anilines is 1. The molecule has 134 valence electrons. The van der Waals surface area contributed by atoms with Gasteiger partial charge in [-0.25, -0.2) is 9.78 Å². The molecule has 0 N–H and O–H groups in total. The summed E-state index contributed by atoms with van der Waals surface area (Å²) in [6.45, 7) is 2.45. The van der Waals surface area contributed by atoms with Gasteiger partial charge in [0.15, 0.2) is 0 Å². The van der Waals surface area contributed by atoms with Gasteiger partial charge in [0, 0.05) is 19.3 Å². The van der Waals surface area contributed by atoms with Gasteiger partial charge in [-0.1, -0.05) is 6.07 Å². The molecule has 26 heavy (non-hydrogen) atoms. The maximum atomic E-state index is 11.6. The molecule has 3 rings (SSSR count). The number of methoxy groups -OCH3 is 1. The topological polar surface area (TPSA) is 75.5 Å². The molecule has 1 aliphatic heterocycles. The molecule has 0 atom stereocenters. The van der Waals surface area contributed by atoms with Crippen molar-refractivity contribution in [1.29, 1.82) is 5.26 Å². The maximum Gasteiger partial charge on any atom is 0.337 e. The van der Waals surface area contributed by atoms with E-state index in [1.54, 1.807) is 30.5 Å². The van der Waals surface area contributed by atoms with Gasteiger partial charge in [0.25, 0.3) is 0 Å². The quantitative estimate of drug-likeness (QED) is 0.771. The van der Waals surface area contributed by atoms with Crippen LogP contribution in [0, 0.1) is 17.2 Å². The molecule has 1 aromatic carbocycles. The van der Waals surface area contributed by atoms with Crippen LogP contribution in [0.5, 0.6) is 5.75 Å². The third-order valence-electron chi connectivity index (χ3n) is 4.56. The molecule has 1 aromatic heterocycles. The third kappa shape index (κ3) is 4.31. The van der Waals surface area contributed by atoms with Gasteiger partial charge >= 0.3 is 5.97 Å². The minimum atomic E-state index is -0.362. The first kappa shape index (κ1) is 17.7. The fraction of sp³-hybridized carbons (Fsp3) is 0.350. The minimum absolute atomic E-state index is 0.362. The highest BCUT2D eigenvalue weighted by atomic mass is 16.5. The smallest absolute Gasteiger partial charge is 0.337 e. The van der Waals surface area contributed by atoms with E-state index in [2.05, 4.69) is 16.0 Å². The van der Waals surface area contributed by atoms with Crippen LogP contribution in [0.25, 0.3) is 0 Å². The lowest BCUT2D eigenvalue weighted by Gasteiger charge is -2.32. The molecule has 6 nitrogen and oxygen atoms in total. The van der Waals surface area contributed by atoms with E-state index in [4.69, 9.17) is 14.7 Å².